The molecule has 2 aromatic carbocycles. The normalized spacial score (nSPS) is 13.0. The number of carbonyl (C=O) groups is 1. The summed E-state index contributed by atoms with van der Waals surface area (Å²) in [7, 11) is -3.67. The Morgan fingerprint density at radius 2 is 1.71 bits per heavy atom. The van der Waals surface area contributed by atoms with Crippen molar-refractivity contribution in [2.24, 2.45) is 0 Å². The average Bonchev–Trinajstić information content (AvgIpc) is 2.80. The number of anilines is 1. The number of nitrogens with zero attached hydrogens (tertiary/aromatic N) is 1. The van der Waals surface area contributed by atoms with E-state index < -0.39 is 10.0 Å². The Kier molecular flexibility index (Phi) is 7.43. The first-order valence-corrected chi connectivity index (χ1v) is 12.3. The van der Waals surface area contributed by atoms with Crippen molar-refractivity contribution in [3.8, 4) is 11.5 Å². The number of benzene rings is 2. The molecule has 0 saturated carbocycles. The third-order valence-electron chi connectivity index (χ3n) is 5.34. The molecule has 8 heteroatoms. The van der Waals surface area contributed by atoms with E-state index in [-0.39, 0.29) is 18.2 Å². The lowest BCUT2D eigenvalue weighted by molar-refractivity contribution is -0.119. The molecular weight excluding hydrogens is 416 g/mol. The number of hydrogen-bond donors (Lipinski definition) is 1. The van der Waals surface area contributed by atoms with Gasteiger partial charge in [0, 0.05) is 12.6 Å². The van der Waals surface area contributed by atoms with Crippen LogP contribution in [0.5, 0.6) is 11.5 Å². The number of fused-ring (bicyclic) bond motifs is 1. The van der Waals surface area contributed by atoms with E-state index in [1.54, 1.807) is 25.1 Å². The Morgan fingerprint density at radius 1 is 0.968 bits per heavy atom. The Balaban J connectivity index is 1.77. The van der Waals surface area contributed by atoms with Gasteiger partial charge in [-0.25, -0.2) is 8.42 Å². The molecule has 0 aliphatic carbocycles. The van der Waals surface area contributed by atoms with Gasteiger partial charge >= 0.3 is 0 Å². The number of carbonyl (C=O) groups excluding carboxylic acids is 1. The van der Waals surface area contributed by atoms with Gasteiger partial charge in [-0.1, -0.05) is 32.0 Å². The van der Waals surface area contributed by atoms with Gasteiger partial charge < -0.3 is 14.8 Å². The standard InChI is InChI=1S/C23H30N2O5S/c1-4-17-7-8-18(5-2)19(13-17)15-24-23(26)16-25(31(27,28)6-3)20-9-10-21-22(14-20)30-12-11-29-21/h7-10,13-14H,4-6,11-12,15-16H2,1-3H3,(H,24,26). The van der Waals surface area contributed by atoms with Crippen molar-refractivity contribution in [2.75, 3.05) is 29.8 Å². The Hall–Kier alpha value is -2.74. The summed E-state index contributed by atoms with van der Waals surface area (Å²) in [6.45, 7) is 6.62. The third-order valence-corrected chi connectivity index (χ3v) is 7.08. The lowest BCUT2D eigenvalue weighted by atomic mass is 10.0. The van der Waals surface area contributed by atoms with E-state index in [9.17, 15) is 13.2 Å². The number of amides is 1. The monoisotopic (exact) mass is 446 g/mol. The zero-order valence-electron chi connectivity index (χ0n) is 18.3. The second-order valence-electron chi connectivity index (χ2n) is 7.32. The molecule has 3 rings (SSSR count). The van der Waals surface area contributed by atoms with Gasteiger partial charge in [0.05, 0.1) is 11.4 Å². The summed E-state index contributed by atoms with van der Waals surface area (Å²) >= 11 is 0. The van der Waals surface area contributed by atoms with Gasteiger partial charge in [-0.15, -0.1) is 0 Å². The van der Waals surface area contributed by atoms with Crippen molar-refractivity contribution >= 4 is 21.6 Å². The highest BCUT2D eigenvalue weighted by molar-refractivity contribution is 7.92. The van der Waals surface area contributed by atoms with Gasteiger partial charge in [0.1, 0.15) is 19.8 Å². The van der Waals surface area contributed by atoms with Crippen LogP contribution in [0.1, 0.15) is 37.5 Å². The molecule has 0 bridgehead atoms. The average molecular weight is 447 g/mol. The molecule has 1 amide bonds. The van der Waals surface area contributed by atoms with Crippen LogP contribution in [0.3, 0.4) is 0 Å². The van der Waals surface area contributed by atoms with Crippen molar-refractivity contribution in [1.29, 1.82) is 0 Å². The smallest absolute Gasteiger partial charge is 0.241 e. The molecule has 31 heavy (non-hydrogen) atoms. The van der Waals surface area contributed by atoms with Gasteiger partial charge in [0.2, 0.25) is 15.9 Å². The number of nitrogens with one attached hydrogen (secondary N) is 1. The van der Waals surface area contributed by atoms with E-state index in [1.165, 1.54) is 11.1 Å². The van der Waals surface area contributed by atoms with Crippen LogP contribution in [0.15, 0.2) is 36.4 Å². The topological polar surface area (TPSA) is 84.9 Å². The van der Waals surface area contributed by atoms with E-state index in [0.717, 1.165) is 22.7 Å². The minimum Gasteiger partial charge on any atom is -0.486 e. The minimum absolute atomic E-state index is 0.118. The largest absolute Gasteiger partial charge is 0.486 e. The van der Waals surface area contributed by atoms with Gasteiger partial charge in [0.25, 0.3) is 0 Å². The highest BCUT2D eigenvalue weighted by atomic mass is 32.2. The van der Waals surface area contributed by atoms with Crippen LogP contribution in [0.4, 0.5) is 5.69 Å². The predicted octanol–water partition coefficient (Wildman–Crippen LogP) is 3.06. The van der Waals surface area contributed by atoms with E-state index in [4.69, 9.17) is 9.47 Å². The van der Waals surface area contributed by atoms with Gasteiger partial charge in [-0.3, -0.25) is 9.10 Å². The summed E-state index contributed by atoms with van der Waals surface area (Å²) in [6, 6.07) is 11.2. The van der Waals surface area contributed by atoms with Crippen LogP contribution in [0.25, 0.3) is 0 Å². The van der Waals surface area contributed by atoms with Gasteiger partial charge in [-0.2, -0.15) is 0 Å². The van der Waals surface area contributed by atoms with Crippen LogP contribution >= 0.6 is 0 Å². The van der Waals surface area contributed by atoms with E-state index >= 15 is 0 Å². The molecular formula is C23H30N2O5S. The second kappa shape index (κ2) is 10.0. The van der Waals surface area contributed by atoms with Crippen molar-refractivity contribution in [1.82, 2.24) is 5.32 Å². The van der Waals surface area contributed by atoms with Crippen molar-refractivity contribution in [2.45, 2.75) is 40.2 Å². The summed E-state index contributed by atoms with van der Waals surface area (Å²) in [5.41, 5.74) is 3.80. The zero-order chi connectivity index (χ0) is 22.4. The van der Waals surface area contributed by atoms with Crippen LogP contribution in [-0.4, -0.2) is 39.8 Å². The lowest BCUT2D eigenvalue weighted by Crippen LogP contribution is -2.41. The minimum atomic E-state index is -3.67. The zero-order valence-corrected chi connectivity index (χ0v) is 19.1. The molecule has 168 valence electrons. The highest BCUT2D eigenvalue weighted by Crippen LogP contribution is 2.34. The molecule has 1 aliphatic rings. The molecule has 1 heterocycles. The fourth-order valence-electron chi connectivity index (χ4n) is 3.48. The first-order valence-electron chi connectivity index (χ1n) is 10.6. The van der Waals surface area contributed by atoms with Crippen LogP contribution in [0.2, 0.25) is 0 Å². The number of ether oxygens (including phenoxy) is 2. The molecule has 1 N–H and O–H groups in total. The fraction of sp³-hybridized carbons (Fsp3) is 0.435. The first kappa shape index (κ1) is 22.9. The van der Waals surface area contributed by atoms with E-state index in [2.05, 4.69) is 37.4 Å². The quantitative estimate of drug-likeness (QED) is 0.640. The molecule has 0 saturated heterocycles. The van der Waals surface area contributed by atoms with Gasteiger partial charge in [-0.05, 0) is 48.6 Å². The van der Waals surface area contributed by atoms with Gasteiger partial charge in [0.15, 0.2) is 11.5 Å². The predicted molar refractivity (Wildman–Crippen MR) is 121 cm³/mol. The Bertz CT molecular complexity index is 1040. The third kappa shape index (κ3) is 5.50. The number of aryl methyl sites for hydroxylation is 2. The maximum atomic E-state index is 12.7. The van der Waals surface area contributed by atoms with Crippen molar-refractivity contribution < 1.29 is 22.7 Å². The maximum absolute atomic E-state index is 12.7. The molecule has 0 radical (unpaired) electrons. The fourth-order valence-corrected chi connectivity index (χ4v) is 4.54. The summed E-state index contributed by atoms with van der Waals surface area (Å²) in [5, 5.41) is 2.88. The molecule has 0 fully saturated rings. The van der Waals surface area contributed by atoms with Crippen molar-refractivity contribution in [3.63, 3.8) is 0 Å². The van der Waals surface area contributed by atoms with Crippen molar-refractivity contribution in [3.05, 3.63) is 53.1 Å². The Morgan fingerprint density at radius 3 is 2.39 bits per heavy atom. The molecule has 0 unspecified atom stereocenters. The van der Waals surface area contributed by atoms with Crippen LogP contribution in [-0.2, 0) is 34.2 Å². The summed E-state index contributed by atoms with van der Waals surface area (Å²) in [5.74, 6) is 0.560. The molecule has 0 spiro atoms. The molecule has 0 aromatic heterocycles. The lowest BCUT2D eigenvalue weighted by Gasteiger charge is -2.25. The van der Waals surface area contributed by atoms with Crippen LogP contribution < -0.4 is 19.1 Å². The summed E-state index contributed by atoms with van der Waals surface area (Å²) in [4.78, 5) is 12.7. The van der Waals surface area contributed by atoms with Crippen LogP contribution in [0, 0.1) is 0 Å². The second-order valence-corrected chi connectivity index (χ2v) is 9.50. The number of hydrogen-bond acceptors (Lipinski definition) is 5. The maximum Gasteiger partial charge on any atom is 0.241 e. The summed E-state index contributed by atoms with van der Waals surface area (Å²) < 4.78 is 37.7. The number of rotatable bonds is 9. The molecule has 1 aliphatic heterocycles. The van der Waals surface area contributed by atoms with E-state index in [0.29, 0.717) is 36.9 Å². The van der Waals surface area contributed by atoms with E-state index in [1.807, 2.05) is 0 Å². The summed E-state index contributed by atoms with van der Waals surface area (Å²) in [6.07, 6.45) is 1.78. The SMILES string of the molecule is CCc1ccc(CC)c(CNC(=O)CN(c2ccc3c(c2)OCCO3)S(=O)(=O)CC)c1. The molecule has 2 aromatic rings. The molecule has 7 nitrogen and oxygen atoms in total. The molecule has 0 atom stereocenters. The Labute approximate surface area is 184 Å². The first-order chi connectivity index (χ1) is 14.9. The highest BCUT2D eigenvalue weighted by Gasteiger charge is 2.25. The number of sulfonamides is 1.